The van der Waals surface area contributed by atoms with E-state index in [-0.39, 0.29) is 17.9 Å². The first kappa shape index (κ1) is 25.9. The van der Waals surface area contributed by atoms with Crippen molar-refractivity contribution in [2.24, 2.45) is 0 Å². The van der Waals surface area contributed by atoms with E-state index >= 15 is 0 Å². The number of unbranched alkanes of at least 4 members (excludes halogenated alkanes) is 1. The zero-order chi connectivity index (χ0) is 25.6. The third kappa shape index (κ3) is 6.44. The molecule has 2 aromatic carbocycles. The molecule has 7 nitrogen and oxygen atoms in total. The Hall–Kier alpha value is -3.74. The number of esters is 2. The summed E-state index contributed by atoms with van der Waals surface area (Å²) < 4.78 is 10.7. The Labute approximate surface area is 205 Å². The number of aryl methyl sites for hydroxylation is 1. The largest absolute Gasteiger partial charge is 0.462 e. The van der Waals surface area contributed by atoms with E-state index in [9.17, 15) is 14.4 Å². The SMILES string of the molecule is CCCCc1nc(-c2ccc(-c3ccccc3C(=O)OC(C)(C)C)cc2)c(C(=O)OCC)c(=O)[nH]1. The van der Waals surface area contributed by atoms with Crippen molar-refractivity contribution >= 4 is 11.9 Å². The average molecular weight is 477 g/mol. The normalized spacial score (nSPS) is 11.2. The van der Waals surface area contributed by atoms with Crippen LogP contribution in [-0.2, 0) is 15.9 Å². The summed E-state index contributed by atoms with van der Waals surface area (Å²) in [5, 5.41) is 0. The van der Waals surface area contributed by atoms with Crippen LogP contribution < -0.4 is 5.56 Å². The standard InChI is InChI=1S/C28H32N2O5/c1-6-8-13-22-29-24(23(25(31)30-22)27(33)34-7-2)19-16-14-18(15-17-19)20-11-9-10-12-21(20)26(32)35-28(3,4)5/h9-12,14-17H,6-8,13H2,1-5H3,(H,29,30,31). The maximum Gasteiger partial charge on any atom is 0.346 e. The molecule has 0 aliphatic rings. The number of H-pyrrole nitrogens is 1. The second-order valence-electron chi connectivity index (χ2n) is 9.19. The van der Waals surface area contributed by atoms with Crippen LogP contribution in [0.1, 0.15) is 74.0 Å². The Balaban J connectivity index is 2.05. The second-order valence-corrected chi connectivity index (χ2v) is 9.19. The van der Waals surface area contributed by atoms with Crippen LogP contribution >= 0.6 is 0 Å². The molecule has 0 atom stereocenters. The summed E-state index contributed by atoms with van der Waals surface area (Å²) in [6.45, 7) is 9.37. The lowest BCUT2D eigenvalue weighted by Crippen LogP contribution is -2.24. The lowest BCUT2D eigenvalue weighted by molar-refractivity contribution is 0.00702. The third-order valence-electron chi connectivity index (χ3n) is 5.23. The monoisotopic (exact) mass is 476 g/mol. The first-order chi connectivity index (χ1) is 16.6. The molecule has 35 heavy (non-hydrogen) atoms. The predicted molar refractivity (Wildman–Crippen MR) is 135 cm³/mol. The number of hydrogen-bond donors (Lipinski definition) is 1. The van der Waals surface area contributed by atoms with E-state index in [1.807, 2.05) is 45.0 Å². The molecule has 0 saturated heterocycles. The topological polar surface area (TPSA) is 98.3 Å². The summed E-state index contributed by atoms with van der Waals surface area (Å²) in [5.74, 6) is -0.588. The predicted octanol–water partition coefficient (Wildman–Crippen LogP) is 5.58. The maximum absolute atomic E-state index is 12.8. The third-order valence-corrected chi connectivity index (χ3v) is 5.23. The van der Waals surface area contributed by atoms with Gasteiger partial charge in [-0.25, -0.2) is 14.6 Å². The molecule has 0 saturated carbocycles. The van der Waals surface area contributed by atoms with Gasteiger partial charge in [0.1, 0.15) is 11.4 Å². The lowest BCUT2D eigenvalue weighted by Gasteiger charge is -2.20. The molecule has 0 fully saturated rings. The van der Waals surface area contributed by atoms with Crippen LogP contribution in [0.2, 0.25) is 0 Å². The molecule has 0 unspecified atom stereocenters. The van der Waals surface area contributed by atoms with Gasteiger partial charge >= 0.3 is 11.9 Å². The van der Waals surface area contributed by atoms with Gasteiger partial charge in [-0.1, -0.05) is 55.8 Å². The van der Waals surface area contributed by atoms with Crippen molar-refractivity contribution in [2.75, 3.05) is 6.61 Å². The van der Waals surface area contributed by atoms with Crippen molar-refractivity contribution < 1.29 is 19.1 Å². The lowest BCUT2D eigenvalue weighted by atomic mass is 9.97. The molecule has 1 N–H and O–H groups in total. The fourth-order valence-electron chi connectivity index (χ4n) is 3.64. The summed E-state index contributed by atoms with van der Waals surface area (Å²) in [4.78, 5) is 45.4. The first-order valence-electron chi connectivity index (χ1n) is 11.9. The molecule has 0 aliphatic heterocycles. The fourth-order valence-corrected chi connectivity index (χ4v) is 3.64. The van der Waals surface area contributed by atoms with Crippen molar-refractivity contribution in [2.45, 2.75) is 59.5 Å². The summed E-state index contributed by atoms with van der Waals surface area (Å²) in [5.41, 5.74) is 1.62. The Morgan fingerprint density at radius 3 is 2.23 bits per heavy atom. The van der Waals surface area contributed by atoms with Gasteiger partial charge in [-0.05, 0) is 51.3 Å². The highest BCUT2D eigenvalue weighted by molar-refractivity contribution is 5.98. The maximum atomic E-state index is 12.8. The minimum absolute atomic E-state index is 0.117. The molecule has 0 spiro atoms. The zero-order valence-electron chi connectivity index (χ0n) is 20.9. The van der Waals surface area contributed by atoms with Crippen molar-refractivity contribution in [1.29, 1.82) is 0 Å². The van der Waals surface area contributed by atoms with E-state index in [0.29, 0.717) is 23.4 Å². The smallest absolute Gasteiger partial charge is 0.346 e. The first-order valence-corrected chi connectivity index (χ1v) is 11.9. The number of carbonyl (C=O) groups excluding carboxylic acids is 2. The number of rotatable bonds is 8. The van der Waals surface area contributed by atoms with E-state index in [0.717, 1.165) is 24.0 Å². The number of benzene rings is 2. The van der Waals surface area contributed by atoms with Gasteiger partial charge in [0.15, 0.2) is 5.56 Å². The molecule has 1 heterocycles. The molecule has 184 valence electrons. The molecule has 0 aliphatic carbocycles. The van der Waals surface area contributed by atoms with Gasteiger partial charge in [0, 0.05) is 12.0 Å². The van der Waals surface area contributed by atoms with Crippen LogP contribution in [0.3, 0.4) is 0 Å². The summed E-state index contributed by atoms with van der Waals surface area (Å²) >= 11 is 0. The molecule has 3 aromatic rings. The van der Waals surface area contributed by atoms with Crippen LogP contribution in [0.5, 0.6) is 0 Å². The van der Waals surface area contributed by atoms with Crippen molar-refractivity contribution in [1.82, 2.24) is 9.97 Å². The summed E-state index contributed by atoms with van der Waals surface area (Å²) in [7, 11) is 0. The zero-order valence-corrected chi connectivity index (χ0v) is 20.9. The van der Waals surface area contributed by atoms with E-state index in [1.165, 1.54) is 0 Å². The van der Waals surface area contributed by atoms with Crippen LogP contribution in [0.4, 0.5) is 0 Å². The van der Waals surface area contributed by atoms with E-state index < -0.39 is 23.1 Å². The molecule has 1 aromatic heterocycles. The molecule has 0 radical (unpaired) electrons. The number of ether oxygens (including phenoxy) is 2. The summed E-state index contributed by atoms with van der Waals surface area (Å²) in [6.07, 6.45) is 2.41. The number of aromatic amines is 1. The van der Waals surface area contributed by atoms with Crippen LogP contribution in [-0.4, -0.2) is 34.1 Å². The summed E-state index contributed by atoms with van der Waals surface area (Å²) in [6, 6.07) is 14.5. The Bertz CT molecular complexity index is 1250. The number of carbonyl (C=O) groups is 2. The van der Waals surface area contributed by atoms with Gasteiger partial charge in [-0.15, -0.1) is 0 Å². The Morgan fingerprint density at radius 1 is 0.943 bits per heavy atom. The quantitative estimate of drug-likeness (QED) is 0.426. The minimum Gasteiger partial charge on any atom is -0.462 e. The van der Waals surface area contributed by atoms with E-state index in [1.54, 1.807) is 31.2 Å². The highest BCUT2D eigenvalue weighted by atomic mass is 16.6. The number of hydrogen-bond acceptors (Lipinski definition) is 6. The molecule has 7 heteroatoms. The van der Waals surface area contributed by atoms with Crippen LogP contribution in [0.25, 0.3) is 22.4 Å². The molecule has 3 rings (SSSR count). The Morgan fingerprint density at radius 2 is 1.60 bits per heavy atom. The molecule has 0 bridgehead atoms. The fraction of sp³-hybridized carbons (Fsp3) is 0.357. The molecule has 0 amide bonds. The van der Waals surface area contributed by atoms with Gasteiger partial charge in [0.05, 0.1) is 17.9 Å². The van der Waals surface area contributed by atoms with Gasteiger partial charge in [0.2, 0.25) is 0 Å². The molecular weight excluding hydrogens is 444 g/mol. The van der Waals surface area contributed by atoms with Gasteiger partial charge < -0.3 is 14.5 Å². The van der Waals surface area contributed by atoms with Gasteiger partial charge in [0.25, 0.3) is 5.56 Å². The minimum atomic E-state index is -0.711. The van der Waals surface area contributed by atoms with Crippen LogP contribution in [0.15, 0.2) is 53.3 Å². The Kier molecular flexibility index (Phi) is 8.22. The van der Waals surface area contributed by atoms with E-state index in [2.05, 4.69) is 16.9 Å². The highest BCUT2D eigenvalue weighted by Crippen LogP contribution is 2.29. The van der Waals surface area contributed by atoms with Gasteiger partial charge in [-0.3, -0.25) is 4.79 Å². The van der Waals surface area contributed by atoms with Gasteiger partial charge in [-0.2, -0.15) is 0 Å². The van der Waals surface area contributed by atoms with Crippen molar-refractivity contribution in [3.05, 3.63) is 75.8 Å². The second kappa shape index (κ2) is 11.1. The average Bonchev–Trinajstić information content (AvgIpc) is 2.81. The number of aromatic nitrogens is 2. The highest BCUT2D eigenvalue weighted by Gasteiger charge is 2.23. The molecular formula is C28H32N2O5. The van der Waals surface area contributed by atoms with Crippen LogP contribution in [0, 0.1) is 0 Å². The van der Waals surface area contributed by atoms with Crippen molar-refractivity contribution in [3.63, 3.8) is 0 Å². The van der Waals surface area contributed by atoms with E-state index in [4.69, 9.17) is 9.47 Å². The van der Waals surface area contributed by atoms with Crippen molar-refractivity contribution in [3.8, 4) is 22.4 Å². The number of nitrogens with one attached hydrogen (secondary N) is 1. The number of nitrogens with zero attached hydrogens (tertiary/aromatic N) is 1.